The van der Waals surface area contributed by atoms with Crippen LogP contribution >= 0.6 is 0 Å². The molecule has 2 aromatic heterocycles. The number of hydrogen-bond acceptors (Lipinski definition) is 7. The number of aliphatic hydroxyl groups excluding tert-OH is 1. The van der Waals surface area contributed by atoms with Gasteiger partial charge in [0.05, 0.1) is 29.8 Å². The molecule has 11 heteroatoms. The van der Waals surface area contributed by atoms with Crippen molar-refractivity contribution in [1.82, 2.24) is 24.0 Å². The fourth-order valence-corrected chi connectivity index (χ4v) is 3.49. The summed E-state index contributed by atoms with van der Waals surface area (Å²) in [6.07, 6.45) is 2.29. The third-order valence-corrected chi connectivity index (χ3v) is 5.29. The third kappa shape index (κ3) is 3.21. The maximum Gasteiger partial charge on any atom is 0.342 e. The molecule has 10 nitrogen and oxygen atoms in total. The van der Waals surface area contributed by atoms with E-state index in [0.717, 1.165) is 11.8 Å². The van der Waals surface area contributed by atoms with Crippen LogP contribution in [0.4, 0.5) is 0 Å². The predicted octanol–water partition coefficient (Wildman–Crippen LogP) is -0.667. The first-order valence-corrected chi connectivity index (χ1v) is 8.96. The van der Waals surface area contributed by atoms with E-state index in [-0.39, 0.29) is 29.3 Å². The van der Waals surface area contributed by atoms with E-state index in [1.54, 1.807) is 19.1 Å². The fourth-order valence-electron chi connectivity index (χ4n) is 2.27. The lowest BCUT2D eigenvalue weighted by molar-refractivity contribution is 0.268. The Balaban J connectivity index is 2.15. The lowest BCUT2D eigenvalue weighted by Gasteiger charge is -2.08. The number of aromatic amines is 1. The summed E-state index contributed by atoms with van der Waals surface area (Å²) < 4.78 is 27.2. The minimum absolute atomic E-state index is 0.0764. The van der Waals surface area contributed by atoms with Gasteiger partial charge in [-0.15, -0.1) is 5.10 Å². The highest BCUT2D eigenvalue weighted by Gasteiger charge is 2.21. The lowest BCUT2D eigenvalue weighted by Crippen LogP contribution is -2.34. The number of nitrogens with zero attached hydrogens (tertiary/aromatic N) is 4. The van der Waals surface area contributed by atoms with E-state index in [4.69, 9.17) is 5.11 Å². The Morgan fingerprint density at radius 1 is 1.15 bits per heavy atom. The molecule has 0 atom stereocenters. The van der Waals surface area contributed by atoms with Crippen LogP contribution < -0.4 is 11.2 Å². The zero-order chi connectivity index (χ0) is 18.9. The molecule has 26 heavy (non-hydrogen) atoms. The quantitative estimate of drug-likeness (QED) is 0.601. The molecule has 0 amide bonds. The minimum Gasteiger partial charge on any atom is -0.394 e. The molecular weight excluding hydrogens is 362 g/mol. The van der Waals surface area contributed by atoms with Gasteiger partial charge in [0.25, 0.3) is 15.6 Å². The zero-order valence-corrected chi connectivity index (χ0v) is 14.5. The van der Waals surface area contributed by atoms with Gasteiger partial charge in [0.2, 0.25) is 0 Å². The maximum atomic E-state index is 12.7. The summed E-state index contributed by atoms with van der Waals surface area (Å²) in [6.45, 7) is 1.78. The molecular formula is C15H15N5O5S. The summed E-state index contributed by atoms with van der Waals surface area (Å²) in [5.41, 5.74) is -1.07. The molecule has 0 saturated heterocycles. The van der Waals surface area contributed by atoms with E-state index < -0.39 is 21.3 Å². The molecule has 0 unspecified atom stereocenters. The second-order valence-corrected chi connectivity index (χ2v) is 7.32. The summed E-state index contributed by atoms with van der Waals surface area (Å²) in [5.74, 6) is 0. The molecule has 0 fully saturated rings. The van der Waals surface area contributed by atoms with E-state index in [1.807, 2.05) is 4.98 Å². The molecule has 0 spiro atoms. The van der Waals surface area contributed by atoms with Gasteiger partial charge in [-0.3, -0.25) is 9.78 Å². The van der Waals surface area contributed by atoms with Gasteiger partial charge in [-0.2, -0.15) is 3.97 Å². The van der Waals surface area contributed by atoms with Crippen LogP contribution in [0.5, 0.6) is 0 Å². The van der Waals surface area contributed by atoms with E-state index in [2.05, 4.69) is 10.3 Å². The number of aryl methyl sites for hydroxylation is 1. The minimum atomic E-state index is -4.20. The number of rotatable bonds is 5. The van der Waals surface area contributed by atoms with Gasteiger partial charge in [0.1, 0.15) is 5.69 Å². The van der Waals surface area contributed by atoms with E-state index in [1.165, 1.54) is 23.0 Å². The molecule has 0 bridgehead atoms. The summed E-state index contributed by atoms with van der Waals surface area (Å²) >= 11 is 0. The van der Waals surface area contributed by atoms with Crippen molar-refractivity contribution in [2.75, 3.05) is 6.61 Å². The van der Waals surface area contributed by atoms with Crippen molar-refractivity contribution in [1.29, 1.82) is 0 Å². The molecule has 0 saturated carbocycles. The van der Waals surface area contributed by atoms with Crippen molar-refractivity contribution in [3.8, 4) is 11.3 Å². The summed E-state index contributed by atoms with van der Waals surface area (Å²) in [6, 6.07) is 5.95. The van der Waals surface area contributed by atoms with Crippen LogP contribution in [0.1, 0.15) is 5.56 Å². The van der Waals surface area contributed by atoms with Crippen LogP contribution in [0.3, 0.4) is 0 Å². The van der Waals surface area contributed by atoms with Crippen molar-refractivity contribution in [3.63, 3.8) is 0 Å². The molecule has 0 aliphatic heterocycles. The van der Waals surface area contributed by atoms with Crippen LogP contribution in [-0.4, -0.2) is 44.1 Å². The van der Waals surface area contributed by atoms with Crippen molar-refractivity contribution in [2.45, 2.75) is 18.4 Å². The van der Waals surface area contributed by atoms with Crippen LogP contribution in [0.25, 0.3) is 11.3 Å². The van der Waals surface area contributed by atoms with Gasteiger partial charge in [0.15, 0.2) is 0 Å². The number of nitrogens with one attached hydrogen (secondary N) is 1. The van der Waals surface area contributed by atoms with Crippen LogP contribution in [0, 0.1) is 6.92 Å². The number of aromatic nitrogens is 5. The van der Waals surface area contributed by atoms with Crippen LogP contribution in [0.15, 0.2) is 51.1 Å². The average molecular weight is 377 g/mol. The Labute approximate surface area is 147 Å². The Hall–Kier alpha value is -3.05. The number of H-pyrrole nitrogens is 1. The van der Waals surface area contributed by atoms with Gasteiger partial charge in [0, 0.05) is 6.20 Å². The monoisotopic (exact) mass is 377 g/mol. The van der Waals surface area contributed by atoms with Crippen molar-refractivity contribution in [3.05, 3.63) is 63.1 Å². The first-order valence-electron chi connectivity index (χ1n) is 7.52. The smallest absolute Gasteiger partial charge is 0.342 e. The highest BCUT2D eigenvalue weighted by atomic mass is 32.2. The van der Waals surface area contributed by atoms with Crippen LogP contribution in [0.2, 0.25) is 0 Å². The average Bonchev–Trinajstić information content (AvgIpc) is 3.04. The number of aliphatic hydroxyl groups is 1. The first-order chi connectivity index (χ1) is 12.3. The molecule has 2 heterocycles. The fraction of sp³-hybridized carbons (Fsp3) is 0.200. The topological polar surface area (TPSA) is 140 Å². The van der Waals surface area contributed by atoms with Crippen molar-refractivity contribution >= 4 is 10.0 Å². The normalized spacial score (nSPS) is 11.6. The number of benzene rings is 1. The van der Waals surface area contributed by atoms with E-state index >= 15 is 0 Å². The predicted molar refractivity (Wildman–Crippen MR) is 91.2 cm³/mol. The summed E-state index contributed by atoms with van der Waals surface area (Å²) in [4.78, 5) is 26.0. The Morgan fingerprint density at radius 2 is 1.85 bits per heavy atom. The SMILES string of the molecule is Cc1ccc(S(=O)(=O)n2cc(-c3cn(CCO)nn3)c(=O)[nH]c2=O)cc1. The largest absolute Gasteiger partial charge is 0.394 e. The first kappa shape index (κ1) is 17.8. The van der Waals surface area contributed by atoms with E-state index in [0.29, 0.717) is 3.97 Å². The molecule has 0 aliphatic rings. The van der Waals surface area contributed by atoms with Gasteiger partial charge in [-0.1, -0.05) is 22.9 Å². The summed E-state index contributed by atoms with van der Waals surface area (Å²) in [5, 5.41) is 16.4. The zero-order valence-electron chi connectivity index (χ0n) is 13.7. The standard InChI is InChI=1S/C15H15N5O5S/c1-10-2-4-11(5-3-10)26(24,25)20-8-12(14(22)16-15(20)23)13-9-19(6-7-21)18-17-13/h2-5,8-9,21H,6-7H2,1H3,(H,16,22,23). The lowest BCUT2D eigenvalue weighted by atomic mass is 10.2. The Morgan fingerprint density at radius 3 is 2.50 bits per heavy atom. The highest BCUT2D eigenvalue weighted by Crippen LogP contribution is 2.15. The highest BCUT2D eigenvalue weighted by molar-refractivity contribution is 7.90. The van der Waals surface area contributed by atoms with Crippen LogP contribution in [-0.2, 0) is 16.6 Å². The van der Waals surface area contributed by atoms with Gasteiger partial charge >= 0.3 is 5.69 Å². The summed E-state index contributed by atoms with van der Waals surface area (Å²) in [7, 11) is -4.20. The molecule has 136 valence electrons. The molecule has 1 aromatic carbocycles. The van der Waals surface area contributed by atoms with E-state index in [9.17, 15) is 18.0 Å². The third-order valence-electron chi connectivity index (χ3n) is 3.63. The van der Waals surface area contributed by atoms with Gasteiger partial charge in [-0.05, 0) is 19.1 Å². The second-order valence-electron chi connectivity index (χ2n) is 5.51. The second kappa shape index (κ2) is 6.69. The molecule has 2 N–H and O–H groups in total. The maximum absolute atomic E-state index is 12.7. The number of hydrogen-bond donors (Lipinski definition) is 2. The molecule has 0 aliphatic carbocycles. The van der Waals surface area contributed by atoms with Gasteiger partial charge in [-0.25, -0.2) is 17.9 Å². The molecule has 3 aromatic rings. The Bertz CT molecular complexity index is 1160. The van der Waals surface area contributed by atoms with Crippen molar-refractivity contribution in [2.24, 2.45) is 0 Å². The van der Waals surface area contributed by atoms with Crippen molar-refractivity contribution < 1.29 is 13.5 Å². The molecule has 0 radical (unpaired) electrons. The Kier molecular flexibility index (Phi) is 4.57. The van der Waals surface area contributed by atoms with Gasteiger partial charge < -0.3 is 5.11 Å². The molecule has 3 rings (SSSR count).